The fourth-order valence-corrected chi connectivity index (χ4v) is 1.82. The Labute approximate surface area is 112 Å². The molecular formula is C15H16N2O2. The van der Waals surface area contributed by atoms with Gasteiger partial charge in [0.05, 0.1) is 6.42 Å². The van der Waals surface area contributed by atoms with Crippen LogP contribution >= 0.6 is 0 Å². The van der Waals surface area contributed by atoms with Crippen molar-refractivity contribution in [3.05, 3.63) is 54.1 Å². The second kappa shape index (κ2) is 5.44. The van der Waals surface area contributed by atoms with Crippen LogP contribution in [-0.4, -0.2) is 18.1 Å². The zero-order chi connectivity index (χ0) is 13.8. The highest BCUT2D eigenvalue weighted by atomic mass is 16.3. The maximum absolute atomic E-state index is 12.2. The van der Waals surface area contributed by atoms with E-state index in [2.05, 4.69) is 0 Å². The lowest BCUT2D eigenvalue weighted by Gasteiger charge is -2.18. The predicted molar refractivity (Wildman–Crippen MR) is 76.1 cm³/mol. The quantitative estimate of drug-likeness (QED) is 0.827. The van der Waals surface area contributed by atoms with E-state index in [1.807, 2.05) is 18.2 Å². The van der Waals surface area contributed by atoms with Gasteiger partial charge in [-0.25, -0.2) is 0 Å². The van der Waals surface area contributed by atoms with Crippen molar-refractivity contribution in [3.8, 4) is 5.75 Å². The van der Waals surface area contributed by atoms with Crippen LogP contribution in [-0.2, 0) is 11.2 Å². The first-order valence-corrected chi connectivity index (χ1v) is 5.97. The van der Waals surface area contributed by atoms with Gasteiger partial charge in [-0.1, -0.05) is 24.3 Å². The van der Waals surface area contributed by atoms with Crippen LogP contribution in [0.3, 0.4) is 0 Å². The molecule has 1 amide bonds. The molecule has 0 aliphatic heterocycles. The van der Waals surface area contributed by atoms with Gasteiger partial charge in [0.25, 0.3) is 0 Å². The Hall–Kier alpha value is -2.49. The Kier molecular flexibility index (Phi) is 3.71. The maximum Gasteiger partial charge on any atom is 0.231 e. The Morgan fingerprint density at radius 1 is 1.21 bits per heavy atom. The number of nitrogen functional groups attached to an aromatic ring is 1. The summed E-state index contributed by atoms with van der Waals surface area (Å²) in [5.74, 6) is 0.0554. The molecule has 0 fully saturated rings. The van der Waals surface area contributed by atoms with Gasteiger partial charge in [0.1, 0.15) is 5.75 Å². The van der Waals surface area contributed by atoms with E-state index in [0.29, 0.717) is 11.4 Å². The molecule has 98 valence electrons. The first-order chi connectivity index (χ1) is 9.08. The molecule has 2 rings (SSSR count). The molecule has 4 heteroatoms. The minimum atomic E-state index is -0.0801. The summed E-state index contributed by atoms with van der Waals surface area (Å²) in [6.07, 6.45) is 0.235. The third-order valence-electron chi connectivity index (χ3n) is 2.99. The molecule has 19 heavy (non-hydrogen) atoms. The van der Waals surface area contributed by atoms with E-state index in [-0.39, 0.29) is 18.1 Å². The molecule has 2 aromatic carbocycles. The number of rotatable bonds is 3. The van der Waals surface area contributed by atoms with E-state index >= 15 is 0 Å². The highest BCUT2D eigenvalue weighted by molar-refractivity contribution is 5.95. The average molecular weight is 256 g/mol. The molecule has 0 unspecified atom stereocenters. The van der Waals surface area contributed by atoms with Gasteiger partial charge in [-0.15, -0.1) is 0 Å². The minimum absolute atomic E-state index is 0.0801. The number of benzene rings is 2. The van der Waals surface area contributed by atoms with E-state index in [1.165, 1.54) is 4.90 Å². The number of nitrogens with two attached hydrogens (primary N) is 1. The van der Waals surface area contributed by atoms with Gasteiger partial charge in [0.15, 0.2) is 0 Å². The second-order valence-corrected chi connectivity index (χ2v) is 4.35. The van der Waals surface area contributed by atoms with Gasteiger partial charge >= 0.3 is 0 Å². The number of aromatic hydroxyl groups is 1. The zero-order valence-electron chi connectivity index (χ0n) is 10.7. The second-order valence-electron chi connectivity index (χ2n) is 4.35. The summed E-state index contributed by atoms with van der Waals surface area (Å²) < 4.78 is 0. The lowest BCUT2D eigenvalue weighted by atomic mass is 10.1. The van der Waals surface area contributed by atoms with Crippen molar-refractivity contribution < 1.29 is 9.90 Å². The van der Waals surface area contributed by atoms with Crippen molar-refractivity contribution in [3.63, 3.8) is 0 Å². The molecule has 0 radical (unpaired) electrons. The summed E-state index contributed by atoms with van der Waals surface area (Å²) in [4.78, 5) is 13.7. The number of hydrogen-bond acceptors (Lipinski definition) is 3. The average Bonchev–Trinajstić information content (AvgIpc) is 2.40. The van der Waals surface area contributed by atoms with Crippen LogP contribution in [0.1, 0.15) is 5.56 Å². The smallest absolute Gasteiger partial charge is 0.231 e. The van der Waals surface area contributed by atoms with Gasteiger partial charge in [0, 0.05) is 24.5 Å². The number of nitrogens with zero attached hydrogens (tertiary/aromatic N) is 1. The van der Waals surface area contributed by atoms with E-state index < -0.39 is 0 Å². The molecule has 0 heterocycles. The number of para-hydroxylation sites is 1. The molecule has 0 atom stereocenters. The van der Waals surface area contributed by atoms with Crippen LogP contribution in [0.5, 0.6) is 5.75 Å². The first kappa shape index (κ1) is 13.0. The Bertz CT molecular complexity index is 596. The van der Waals surface area contributed by atoms with Crippen molar-refractivity contribution in [1.82, 2.24) is 0 Å². The van der Waals surface area contributed by atoms with Gasteiger partial charge in [-0.05, 0) is 23.8 Å². The lowest BCUT2D eigenvalue weighted by molar-refractivity contribution is -0.117. The number of anilines is 2. The fraction of sp³-hybridized carbons (Fsp3) is 0.133. The van der Waals surface area contributed by atoms with Crippen LogP contribution < -0.4 is 10.6 Å². The van der Waals surface area contributed by atoms with Gasteiger partial charge in [-0.3, -0.25) is 4.79 Å². The molecule has 0 saturated carbocycles. The normalized spacial score (nSPS) is 10.2. The third-order valence-corrected chi connectivity index (χ3v) is 2.99. The first-order valence-electron chi connectivity index (χ1n) is 5.97. The van der Waals surface area contributed by atoms with E-state index in [0.717, 1.165) is 5.56 Å². The van der Waals surface area contributed by atoms with Gasteiger partial charge in [0.2, 0.25) is 5.91 Å². The lowest BCUT2D eigenvalue weighted by Crippen LogP contribution is -2.28. The van der Waals surface area contributed by atoms with E-state index in [9.17, 15) is 9.90 Å². The topological polar surface area (TPSA) is 66.6 Å². The molecule has 0 aliphatic carbocycles. The highest BCUT2D eigenvalue weighted by Crippen LogP contribution is 2.20. The van der Waals surface area contributed by atoms with Crippen molar-refractivity contribution in [1.29, 1.82) is 0 Å². The van der Waals surface area contributed by atoms with Crippen LogP contribution in [0.4, 0.5) is 11.4 Å². The molecular weight excluding hydrogens is 240 g/mol. The number of phenols is 1. The number of likely N-dealkylation sites (N-methyl/N-ethyl adjacent to an activating group) is 1. The van der Waals surface area contributed by atoms with Crippen molar-refractivity contribution in [2.75, 3.05) is 17.7 Å². The minimum Gasteiger partial charge on any atom is -0.508 e. The third kappa shape index (κ3) is 3.04. The molecule has 0 saturated heterocycles. The van der Waals surface area contributed by atoms with Crippen LogP contribution in [0.25, 0.3) is 0 Å². The van der Waals surface area contributed by atoms with Crippen molar-refractivity contribution in [2.24, 2.45) is 0 Å². The van der Waals surface area contributed by atoms with Crippen molar-refractivity contribution in [2.45, 2.75) is 6.42 Å². The number of carbonyl (C=O) groups excluding carboxylic acids is 1. The summed E-state index contributed by atoms with van der Waals surface area (Å²) in [5, 5.41) is 9.42. The molecule has 0 aliphatic rings. The summed E-state index contributed by atoms with van der Waals surface area (Å²) in [6.45, 7) is 0. The van der Waals surface area contributed by atoms with Crippen LogP contribution in [0, 0.1) is 0 Å². The maximum atomic E-state index is 12.2. The Balaban J connectivity index is 2.14. The monoisotopic (exact) mass is 256 g/mol. The highest BCUT2D eigenvalue weighted by Gasteiger charge is 2.13. The molecule has 0 spiro atoms. The number of phenolic OH excluding ortho intramolecular Hbond substituents is 1. The SMILES string of the molecule is CN(C(=O)Cc1ccccc1N)c1cccc(O)c1. The van der Waals surface area contributed by atoms with E-state index in [1.54, 1.807) is 37.4 Å². The summed E-state index contributed by atoms with van der Waals surface area (Å²) in [7, 11) is 1.68. The number of amides is 1. The van der Waals surface area contributed by atoms with Crippen LogP contribution in [0.15, 0.2) is 48.5 Å². The predicted octanol–water partition coefficient (Wildman–Crippen LogP) is 2.18. The number of carbonyl (C=O) groups is 1. The standard InChI is InChI=1S/C15H16N2O2/c1-17(12-6-4-7-13(18)10-12)15(19)9-11-5-2-3-8-14(11)16/h2-8,10,18H,9,16H2,1H3. The largest absolute Gasteiger partial charge is 0.508 e. The summed E-state index contributed by atoms with van der Waals surface area (Å²) in [5.41, 5.74) is 7.89. The zero-order valence-corrected chi connectivity index (χ0v) is 10.7. The Morgan fingerprint density at radius 2 is 1.95 bits per heavy atom. The molecule has 3 N–H and O–H groups in total. The van der Waals surface area contributed by atoms with E-state index in [4.69, 9.17) is 5.73 Å². The van der Waals surface area contributed by atoms with Gasteiger partial charge < -0.3 is 15.7 Å². The molecule has 4 nitrogen and oxygen atoms in total. The Morgan fingerprint density at radius 3 is 2.63 bits per heavy atom. The molecule has 0 aromatic heterocycles. The van der Waals surface area contributed by atoms with Gasteiger partial charge in [-0.2, -0.15) is 0 Å². The van der Waals surface area contributed by atoms with Crippen LogP contribution in [0.2, 0.25) is 0 Å². The fourth-order valence-electron chi connectivity index (χ4n) is 1.82. The number of hydrogen-bond donors (Lipinski definition) is 2. The summed E-state index contributed by atoms with van der Waals surface area (Å²) in [6, 6.07) is 13.9. The summed E-state index contributed by atoms with van der Waals surface area (Å²) >= 11 is 0. The molecule has 2 aromatic rings. The molecule has 0 bridgehead atoms. The van der Waals surface area contributed by atoms with Crippen molar-refractivity contribution >= 4 is 17.3 Å².